The lowest BCUT2D eigenvalue weighted by atomic mass is 9.98. The topological polar surface area (TPSA) is 37.3 Å². The van der Waals surface area contributed by atoms with Crippen molar-refractivity contribution in [3.05, 3.63) is 65.2 Å². The maximum Gasteiger partial charge on any atom is 0.196 e. The second-order valence-corrected chi connectivity index (χ2v) is 4.62. The standard InChI is InChI=1S/C16H16O2/c1-11(2)12-7-9-13(10-8-12)16(18)14-5-3-4-6-15(14)17/h3-11,17H,1-2H3. The highest BCUT2D eigenvalue weighted by molar-refractivity contribution is 6.10. The number of phenolic OH excluding ortho intramolecular Hbond substituents is 1. The van der Waals surface area contributed by atoms with Crippen molar-refractivity contribution >= 4 is 5.78 Å². The number of hydrogen-bond acceptors (Lipinski definition) is 2. The Hall–Kier alpha value is -2.09. The summed E-state index contributed by atoms with van der Waals surface area (Å²) in [5, 5.41) is 9.66. The zero-order valence-corrected chi connectivity index (χ0v) is 10.6. The van der Waals surface area contributed by atoms with Crippen LogP contribution in [0.4, 0.5) is 0 Å². The predicted molar refractivity (Wildman–Crippen MR) is 72.1 cm³/mol. The third-order valence-corrected chi connectivity index (χ3v) is 2.99. The molecule has 0 saturated heterocycles. The average Bonchev–Trinajstić information content (AvgIpc) is 2.38. The van der Waals surface area contributed by atoms with E-state index in [4.69, 9.17) is 0 Å². The molecular formula is C16H16O2. The van der Waals surface area contributed by atoms with Gasteiger partial charge in [-0.15, -0.1) is 0 Å². The Morgan fingerprint density at radius 3 is 2.17 bits per heavy atom. The minimum absolute atomic E-state index is 0.0236. The van der Waals surface area contributed by atoms with E-state index in [-0.39, 0.29) is 11.5 Å². The van der Waals surface area contributed by atoms with E-state index in [1.165, 1.54) is 11.6 Å². The van der Waals surface area contributed by atoms with Crippen LogP contribution in [0.5, 0.6) is 5.75 Å². The summed E-state index contributed by atoms with van der Waals surface area (Å²) in [6.07, 6.45) is 0. The molecule has 0 aliphatic heterocycles. The Morgan fingerprint density at radius 1 is 1.00 bits per heavy atom. The molecule has 2 aromatic carbocycles. The van der Waals surface area contributed by atoms with Gasteiger partial charge in [0.05, 0.1) is 5.56 Å². The van der Waals surface area contributed by atoms with Crippen molar-refractivity contribution in [3.63, 3.8) is 0 Å². The van der Waals surface area contributed by atoms with E-state index >= 15 is 0 Å². The summed E-state index contributed by atoms with van der Waals surface area (Å²) in [6, 6.07) is 14.1. The second kappa shape index (κ2) is 5.05. The Kier molecular flexibility index (Phi) is 3.47. The minimum atomic E-state index is -0.150. The summed E-state index contributed by atoms with van der Waals surface area (Å²) in [7, 11) is 0. The van der Waals surface area contributed by atoms with Gasteiger partial charge in [-0.2, -0.15) is 0 Å². The number of ketones is 1. The highest BCUT2D eigenvalue weighted by atomic mass is 16.3. The number of carbonyl (C=O) groups excluding carboxylic acids is 1. The Balaban J connectivity index is 2.32. The highest BCUT2D eigenvalue weighted by Crippen LogP contribution is 2.21. The van der Waals surface area contributed by atoms with Crippen LogP contribution >= 0.6 is 0 Å². The molecule has 2 heteroatoms. The summed E-state index contributed by atoms with van der Waals surface area (Å²) < 4.78 is 0. The van der Waals surface area contributed by atoms with Crippen LogP contribution in [-0.4, -0.2) is 10.9 Å². The predicted octanol–water partition coefficient (Wildman–Crippen LogP) is 3.75. The van der Waals surface area contributed by atoms with Crippen molar-refractivity contribution in [1.29, 1.82) is 0 Å². The van der Waals surface area contributed by atoms with Crippen LogP contribution in [0.25, 0.3) is 0 Å². The lowest BCUT2D eigenvalue weighted by molar-refractivity contribution is 0.103. The molecule has 2 nitrogen and oxygen atoms in total. The van der Waals surface area contributed by atoms with Gasteiger partial charge in [-0.25, -0.2) is 0 Å². The maximum atomic E-state index is 12.2. The van der Waals surface area contributed by atoms with E-state index < -0.39 is 0 Å². The molecule has 0 heterocycles. The quantitative estimate of drug-likeness (QED) is 0.830. The third kappa shape index (κ3) is 2.43. The smallest absolute Gasteiger partial charge is 0.196 e. The molecule has 18 heavy (non-hydrogen) atoms. The van der Waals surface area contributed by atoms with Gasteiger partial charge >= 0.3 is 0 Å². The average molecular weight is 240 g/mol. The van der Waals surface area contributed by atoms with Crippen molar-refractivity contribution in [2.75, 3.05) is 0 Å². The third-order valence-electron chi connectivity index (χ3n) is 2.99. The molecule has 2 aromatic rings. The molecular weight excluding hydrogens is 224 g/mol. The van der Waals surface area contributed by atoms with Crippen molar-refractivity contribution in [2.24, 2.45) is 0 Å². The molecule has 0 fully saturated rings. The molecule has 0 aromatic heterocycles. The van der Waals surface area contributed by atoms with E-state index in [9.17, 15) is 9.90 Å². The van der Waals surface area contributed by atoms with Gasteiger partial charge in [0.2, 0.25) is 0 Å². The van der Waals surface area contributed by atoms with Crippen molar-refractivity contribution < 1.29 is 9.90 Å². The van der Waals surface area contributed by atoms with Crippen molar-refractivity contribution in [3.8, 4) is 5.75 Å². The molecule has 0 saturated carbocycles. The number of phenols is 1. The molecule has 0 aliphatic rings. The zero-order chi connectivity index (χ0) is 13.1. The molecule has 1 N–H and O–H groups in total. The lowest BCUT2D eigenvalue weighted by Crippen LogP contribution is -2.01. The maximum absolute atomic E-state index is 12.2. The van der Waals surface area contributed by atoms with E-state index in [0.29, 0.717) is 17.0 Å². The Bertz CT molecular complexity index is 554. The largest absolute Gasteiger partial charge is 0.507 e. The lowest BCUT2D eigenvalue weighted by Gasteiger charge is -2.07. The van der Waals surface area contributed by atoms with Crippen LogP contribution in [-0.2, 0) is 0 Å². The fourth-order valence-electron chi connectivity index (χ4n) is 1.84. The first kappa shape index (κ1) is 12.4. The number of aromatic hydroxyl groups is 1. The van der Waals surface area contributed by atoms with Gasteiger partial charge in [0.1, 0.15) is 5.75 Å². The van der Waals surface area contributed by atoms with Gasteiger partial charge in [0.15, 0.2) is 5.78 Å². The van der Waals surface area contributed by atoms with Crippen LogP contribution in [0.15, 0.2) is 48.5 Å². The minimum Gasteiger partial charge on any atom is -0.507 e. The zero-order valence-electron chi connectivity index (χ0n) is 10.6. The fourth-order valence-corrected chi connectivity index (χ4v) is 1.84. The molecule has 0 spiro atoms. The monoisotopic (exact) mass is 240 g/mol. The highest BCUT2D eigenvalue weighted by Gasteiger charge is 2.12. The molecule has 0 unspecified atom stereocenters. The van der Waals surface area contributed by atoms with E-state index in [1.54, 1.807) is 18.2 Å². The van der Waals surface area contributed by atoms with Gasteiger partial charge in [-0.1, -0.05) is 50.2 Å². The summed E-state index contributed by atoms with van der Waals surface area (Å²) in [5.41, 5.74) is 2.14. The van der Waals surface area contributed by atoms with Crippen LogP contribution in [0.2, 0.25) is 0 Å². The Morgan fingerprint density at radius 2 is 1.61 bits per heavy atom. The Labute approximate surface area is 107 Å². The first-order valence-electron chi connectivity index (χ1n) is 6.02. The van der Waals surface area contributed by atoms with E-state index in [1.807, 2.05) is 24.3 Å². The van der Waals surface area contributed by atoms with Gasteiger partial charge < -0.3 is 5.11 Å². The number of benzene rings is 2. The van der Waals surface area contributed by atoms with Gasteiger partial charge in [-0.05, 0) is 23.6 Å². The second-order valence-electron chi connectivity index (χ2n) is 4.62. The van der Waals surface area contributed by atoms with Gasteiger partial charge in [-0.3, -0.25) is 4.79 Å². The number of hydrogen-bond donors (Lipinski definition) is 1. The van der Waals surface area contributed by atoms with Crippen molar-refractivity contribution in [1.82, 2.24) is 0 Å². The van der Waals surface area contributed by atoms with E-state index in [2.05, 4.69) is 13.8 Å². The molecule has 0 radical (unpaired) electrons. The summed E-state index contributed by atoms with van der Waals surface area (Å²) in [6.45, 7) is 4.22. The molecule has 92 valence electrons. The molecule has 0 bridgehead atoms. The summed E-state index contributed by atoms with van der Waals surface area (Å²) >= 11 is 0. The first-order valence-corrected chi connectivity index (χ1v) is 6.02. The SMILES string of the molecule is CC(C)c1ccc(C(=O)c2ccccc2O)cc1. The summed E-state index contributed by atoms with van der Waals surface area (Å²) in [4.78, 5) is 12.2. The number of rotatable bonds is 3. The van der Waals surface area contributed by atoms with Crippen LogP contribution in [0.1, 0.15) is 41.3 Å². The molecule has 0 amide bonds. The first-order chi connectivity index (χ1) is 8.59. The normalized spacial score (nSPS) is 10.6. The van der Waals surface area contributed by atoms with Crippen molar-refractivity contribution in [2.45, 2.75) is 19.8 Å². The van der Waals surface area contributed by atoms with E-state index in [0.717, 1.165) is 0 Å². The van der Waals surface area contributed by atoms with Gasteiger partial charge in [0.25, 0.3) is 0 Å². The van der Waals surface area contributed by atoms with Gasteiger partial charge in [0, 0.05) is 5.56 Å². The number of carbonyl (C=O) groups is 1. The van der Waals surface area contributed by atoms with Crippen LogP contribution in [0.3, 0.4) is 0 Å². The van der Waals surface area contributed by atoms with Crippen LogP contribution in [0, 0.1) is 0 Å². The van der Waals surface area contributed by atoms with Crippen LogP contribution < -0.4 is 0 Å². The number of para-hydroxylation sites is 1. The molecule has 0 atom stereocenters. The fraction of sp³-hybridized carbons (Fsp3) is 0.188. The molecule has 0 aliphatic carbocycles. The summed E-state index contributed by atoms with van der Waals surface area (Å²) in [5.74, 6) is 0.318. The molecule has 2 rings (SSSR count).